The Labute approximate surface area is 121 Å². The Morgan fingerprint density at radius 1 is 1.15 bits per heavy atom. The molecule has 2 saturated carbocycles. The number of rotatable bonds is 7. The summed E-state index contributed by atoms with van der Waals surface area (Å²) in [6.07, 6.45) is 13.0. The maximum Gasteiger partial charge on any atom is 0.0964 e. The van der Waals surface area contributed by atoms with Gasteiger partial charge in [0, 0.05) is 18.8 Å². The second kappa shape index (κ2) is 7.18. The van der Waals surface area contributed by atoms with Gasteiger partial charge in [-0.1, -0.05) is 30.9 Å². The molecule has 0 unspecified atom stereocenters. The van der Waals surface area contributed by atoms with Crippen LogP contribution in [-0.4, -0.2) is 33.7 Å². The van der Waals surface area contributed by atoms with Crippen LogP contribution in [0.25, 0.3) is 0 Å². The molecule has 0 radical (unpaired) electrons. The van der Waals surface area contributed by atoms with Crippen LogP contribution in [0.5, 0.6) is 0 Å². The molecule has 1 aromatic rings. The smallest absolute Gasteiger partial charge is 0.0964 e. The Bertz CT molecular complexity index is 394. The minimum Gasteiger partial charge on any atom is -0.376 e. The topological polar surface area (TPSA) is 52.0 Å². The van der Waals surface area contributed by atoms with Crippen molar-refractivity contribution in [2.75, 3.05) is 6.61 Å². The first-order chi connectivity index (χ1) is 9.90. The summed E-state index contributed by atoms with van der Waals surface area (Å²) in [6.45, 7) is 2.41. The summed E-state index contributed by atoms with van der Waals surface area (Å²) in [4.78, 5) is 0. The molecule has 0 aromatic carbocycles. The van der Waals surface area contributed by atoms with Gasteiger partial charge in [0.2, 0.25) is 0 Å². The van der Waals surface area contributed by atoms with Gasteiger partial charge in [-0.25, -0.2) is 4.68 Å². The monoisotopic (exact) mass is 278 g/mol. The molecule has 20 heavy (non-hydrogen) atoms. The highest BCUT2D eigenvalue weighted by Gasteiger charge is 2.20. The standard InChI is InChI=1S/C15H26N4O/c1-2-4-6-15(5-3-1)20-10-9-19-12-14(17-18-19)11-16-13-7-8-13/h12-13,15-16H,1-11H2. The first-order valence-electron chi connectivity index (χ1n) is 8.14. The second-order valence-electron chi connectivity index (χ2n) is 6.11. The molecule has 5 nitrogen and oxygen atoms in total. The van der Waals surface area contributed by atoms with E-state index in [4.69, 9.17) is 4.74 Å². The summed E-state index contributed by atoms with van der Waals surface area (Å²) >= 11 is 0. The largest absolute Gasteiger partial charge is 0.376 e. The molecule has 0 spiro atoms. The Kier molecular flexibility index (Phi) is 5.03. The highest BCUT2D eigenvalue weighted by Crippen LogP contribution is 2.20. The van der Waals surface area contributed by atoms with Crippen LogP contribution in [0.2, 0.25) is 0 Å². The fourth-order valence-electron chi connectivity index (χ4n) is 2.79. The zero-order valence-corrected chi connectivity index (χ0v) is 12.3. The van der Waals surface area contributed by atoms with Gasteiger partial charge in [0.1, 0.15) is 0 Å². The number of ether oxygens (including phenoxy) is 1. The third kappa shape index (κ3) is 4.56. The van der Waals surface area contributed by atoms with E-state index in [1.807, 2.05) is 10.9 Å². The van der Waals surface area contributed by atoms with Crippen molar-refractivity contribution in [2.45, 2.75) is 76.6 Å². The average molecular weight is 278 g/mol. The van der Waals surface area contributed by atoms with Gasteiger partial charge in [-0.15, -0.1) is 5.10 Å². The number of nitrogens with one attached hydrogen (secondary N) is 1. The van der Waals surface area contributed by atoms with Crippen molar-refractivity contribution < 1.29 is 4.74 Å². The van der Waals surface area contributed by atoms with Crippen LogP contribution < -0.4 is 5.32 Å². The van der Waals surface area contributed by atoms with Crippen LogP contribution in [0, 0.1) is 0 Å². The summed E-state index contributed by atoms with van der Waals surface area (Å²) < 4.78 is 7.88. The lowest BCUT2D eigenvalue weighted by Gasteiger charge is -2.14. The lowest BCUT2D eigenvalue weighted by atomic mass is 10.1. The predicted octanol–water partition coefficient (Wildman–Crippen LogP) is 2.27. The third-order valence-corrected chi connectivity index (χ3v) is 4.21. The first kappa shape index (κ1) is 14.0. The fourth-order valence-corrected chi connectivity index (χ4v) is 2.79. The summed E-state index contributed by atoms with van der Waals surface area (Å²) in [5.74, 6) is 0. The molecule has 5 heteroatoms. The normalized spacial score (nSPS) is 21.0. The lowest BCUT2D eigenvalue weighted by molar-refractivity contribution is 0.0367. The van der Waals surface area contributed by atoms with Crippen LogP contribution in [0.15, 0.2) is 6.20 Å². The van der Waals surface area contributed by atoms with Crippen LogP contribution in [0.1, 0.15) is 57.1 Å². The van der Waals surface area contributed by atoms with E-state index in [0.29, 0.717) is 6.10 Å². The van der Waals surface area contributed by atoms with Crippen molar-refractivity contribution in [3.05, 3.63) is 11.9 Å². The summed E-state index contributed by atoms with van der Waals surface area (Å²) in [5, 5.41) is 11.8. The molecule has 1 heterocycles. The molecule has 2 aliphatic carbocycles. The summed E-state index contributed by atoms with van der Waals surface area (Å²) in [7, 11) is 0. The highest BCUT2D eigenvalue weighted by atomic mass is 16.5. The van der Waals surface area contributed by atoms with Crippen LogP contribution in [0.3, 0.4) is 0 Å². The quantitative estimate of drug-likeness (QED) is 0.777. The van der Waals surface area contributed by atoms with Crippen LogP contribution in [0.4, 0.5) is 0 Å². The number of hydrogen-bond acceptors (Lipinski definition) is 4. The van der Waals surface area contributed by atoms with Crippen molar-refractivity contribution in [1.29, 1.82) is 0 Å². The van der Waals surface area contributed by atoms with Crippen molar-refractivity contribution >= 4 is 0 Å². The Morgan fingerprint density at radius 2 is 1.95 bits per heavy atom. The summed E-state index contributed by atoms with van der Waals surface area (Å²) in [6, 6.07) is 0.721. The molecule has 0 amide bonds. The zero-order chi connectivity index (χ0) is 13.6. The number of nitrogens with zero attached hydrogens (tertiary/aromatic N) is 3. The van der Waals surface area contributed by atoms with E-state index < -0.39 is 0 Å². The lowest BCUT2D eigenvalue weighted by Crippen LogP contribution is -2.16. The molecule has 2 fully saturated rings. The number of hydrogen-bond donors (Lipinski definition) is 1. The van der Waals surface area contributed by atoms with Gasteiger partial charge in [-0.2, -0.15) is 0 Å². The van der Waals surface area contributed by atoms with Gasteiger partial charge in [-0.3, -0.25) is 0 Å². The van der Waals surface area contributed by atoms with Crippen molar-refractivity contribution in [3.8, 4) is 0 Å². The van der Waals surface area contributed by atoms with E-state index in [0.717, 1.165) is 31.4 Å². The van der Waals surface area contributed by atoms with Crippen molar-refractivity contribution in [1.82, 2.24) is 20.3 Å². The average Bonchev–Trinajstić information content (AvgIpc) is 3.23. The van der Waals surface area contributed by atoms with Gasteiger partial charge in [-0.05, 0) is 25.7 Å². The molecule has 2 aliphatic rings. The maximum absolute atomic E-state index is 5.98. The summed E-state index contributed by atoms with van der Waals surface area (Å²) in [5.41, 5.74) is 1.03. The third-order valence-electron chi connectivity index (χ3n) is 4.21. The maximum atomic E-state index is 5.98. The zero-order valence-electron chi connectivity index (χ0n) is 12.3. The van der Waals surface area contributed by atoms with E-state index in [1.165, 1.54) is 51.4 Å². The van der Waals surface area contributed by atoms with E-state index in [-0.39, 0.29) is 0 Å². The van der Waals surface area contributed by atoms with Crippen molar-refractivity contribution in [3.63, 3.8) is 0 Å². The minimum atomic E-state index is 0.469. The molecule has 0 saturated heterocycles. The molecule has 112 valence electrons. The van der Waals surface area contributed by atoms with E-state index in [9.17, 15) is 0 Å². The first-order valence-corrected chi connectivity index (χ1v) is 8.14. The van der Waals surface area contributed by atoms with Crippen LogP contribution >= 0.6 is 0 Å². The van der Waals surface area contributed by atoms with E-state index in [1.54, 1.807) is 0 Å². The predicted molar refractivity (Wildman–Crippen MR) is 77.3 cm³/mol. The Hall–Kier alpha value is -0.940. The molecular weight excluding hydrogens is 252 g/mol. The molecule has 0 bridgehead atoms. The molecule has 0 atom stereocenters. The van der Waals surface area contributed by atoms with E-state index >= 15 is 0 Å². The fraction of sp³-hybridized carbons (Fsp3) is 0.867. The molecule has 3 rings (SSSR count). The Morgan fingerprint density at radius 3 is 2.70 bits per heavy atom. The highest BCUT2D eigenvalue weighted by molar-refractivity contribution is 4.94. The van der Waals surface area contributed by atoms with Gasteiger partial charge >= 0.3 is 0 Å². The number of aromatic nitrogens is 3. The molecule has 1 N–H and O–H groups in total. The molecular formula is C15H26N4O. The van der Waals surface area contributed by atoms with Crippen LogP contribution in [-0.2, 0) is 17.8 Å². The van der Waals surface area contributed by atoms with Gasteiger partial charge in [0.05, 0.1) is 24.9 Å². The van der Waals surface area contributed by atoms with Gasteiger partial charge < -0.3 is 10.1 Å². The van der Waals surface area contributed by atoms with Gasteiger partial charge in [0.25, 0.3) is 0 Å². The van der Waals surface area contributed by atoms with E-state index in [2.05, 4.69) is 15.6 Å². The van der Waals surface area contributed by atoms with Gasteiger partial charge in [0.15, 0.2) is 0 Å². The molecule has 0 aliphatic heterocycles. The second-order valence-corrected chi connectivity index (χ2v) is 6.11. The van der Waals surface area contributed by atoms with Crippen molar-refractivity contribution in [2.24, 2.45) is 0 Å². The minimum absolute atomic E-state index is 0.469. The molecule has 1 aromatic heterocycles. The SMILES string of the molecule is c1c(CNC2CC2)nnn1CCOC1CCCCCC1. The Balaban J connectivity index is 1.34.